The second kappa shape index (κ2) is 7.70. The molecule has 0 saturated carbocycles. The fraction of sp³-hybridized carbons (Fsp3) is 0.895. The zero-order chi connectivity index (χ0) is 19.8. The van der Waals surface area contributed by atoms with Gasteiger partial charge in [-0.15, -0.1) is 12.6 Å². The summed E-state index contributed by atoms with van der Waals surface area (Å²) in [4.78, 5) is 23.2. The smallest absolute Gasteiger partial charge is 0.411 e. The zero-order valence-electron chi connectivity index (χ0n) is 17.3. The number of nitrogens with zero attached hydrogens (tertiary/aromatic N) is 4. The average Bonchev–Trinajstić information content (AvgIpc) is 3.15. The number of piperazine rings is 1. The van der Waals surface area contributed by atoms with E-state index in [0.717, 1.165) is 51.4 Å². The van der Waals surface area contributed by atoms with Crippen LogP contribution in [0.1, 0.15) is 40.5 Å². The van der Waals surface area contributed by atoms with Gasteiger partial charge in [0.1, 0.15) is 11.4 Å². The number of amides is 1. The molecule has 0 radical (unpaired) electrons. The van der Waals surface area contributed by atoms with E-state index < -0.39 is 4.93 Å². The quantitative estimate of drug-likeness (QED) is 0.721. The van der Waals surface area contributed by atoms with Gasteiger partial charge >= 0.3 is 6.09 Å². The lowest BCUT2D eigenvalue weighted by Crippen LogP contribution is -2.50. The highest BCUT2D eigenvalue weighted by Crippen LogP contribution is 2.35. The number of ether oxygens (including phenoxy) is 1. The summed E-state index contributed by atoms with van der Waals surface area (Å²) in [5, 5.41) is 4.37. The number of cyclic esters (lactones) is 1. The van der Waals surface area contributed by atoms with Crippen LogP contribution in [0.3, 0.4) is 0 Å². The van der Waals surface area contributed by atoms with Gasteiger partial charge in [-0.05, 0) is 25.8 Å². The molecule has 3 aliphatic heterocycles. The van der Waals surface area contributed by atoms with Crippen LogP contribution < -0.4 is 0 Å². The molecule has 2 saturated heterocycles. The van der Waals surface area contributed by atoms with E-state index in [1.807, 2.05) is 0 Å². The normalized spacial score (nSPS) is 33.3. The zero-order valence-corrected chi connectivity index (χ0v) is 18.2. The number of likely N-dealkylation sites (N-methyl/N-ethyl adjacent to an activating group) is 1. The van der Waals surface area contributed by atoms with Crippen molar-refractivity contribution in [2.75, 3.05) is 46.3 Å². The van der Waals surface area contributed by atoms with Crippen LogP contribution in [-0.4, -0.2) is 83.5 Å². The number of carbonyl (C=O) groups is 1. The third kappa shape index (κ3) is 4.31. The summed E-state index contributed by atoms with van der Waals surface area (Å²) in [7, 11) is 1.76. The molecule has 0 bridgehead atoms. The van der Waals surface area contributed by atoms with E-state index in [-0.39, 0.29) is 17.6 Å². The summed E-state index contributed by atoms with van der Waals surface area (Å²) in [6, 6.07) is 0. The van der Waals surface area contributed by atoms with Crippen LogP contribution in [0.2, 0.25) is 0 Å². The molecule has 154 valence electrons. The average molecular weight is 399 g/mol. The van der Waals surface area contributed by atoms with Crippen LogP contribution in [0, 0.1) is 11.8 Å². The molecule has 3 rings (SSSR count). The molecule has 0 aromatic heterocycles. The molecule has 0 aliphatic carbocycles. The van der Waals surface area contributed by atoms with E-state index >= 15 is 0 Å². The van der Waals surface area contributed by atoms with E-state index in [2.05, 4.69) is 55.3 Å². The molecule has 2 fully saturated rings. The van der Waals surface area contributed by atoms with Crippen LogP contribution >= 0.6 is 12.6 Å². The van der Waals surface area contributed by atoms with Crippen LogP contribution in [-0.2, 0) is 9.57 Å². The van der Waals surface area contributed by atoms with Crippen molar-refractivity contribution in [1.29, 1.82) is 0 Å². The number of amidine groups is 1. The molecule has 3 aliphatic rings. The Morgan fingerprint density at radius 1 is 1.22 bits per heavy atom. The van der Waals surface area contributed by atoms with Gasteiger partial charge in [0.2, 0.25) is 0 Å². The fourth-order valence-corrected chi connectivity index (χ4v) is 4.19. The molecular weight excluding hydrogens is 364 g/mol. The van der Waals surface area contributed by atoms with Crippen molar-refractivity contribution >= 4 is 24.6 Å². The summed E-state index contributed by atoms with van der Waals surface area (Å²) in [6.07, 6.45) is 1.57. The highest BCUT2D eigenvalue weighted by molar-refractivity contribution is 7.81. The number of hydrogen-bond acceptors (Lipinski definition) is 7. The maximum absolute atomic E-state index is 11.7. The first-order valence-corrected chi connectivity index (χ1v) is 10.5. The molecule has 3 atom stereocenters. The second-order valence-corrected chi connectivity index (χ2v) is 9.59. The van der Waals surface area contributed by atoms with Gasteiger partial charge in [0, 0.05) is 39.1 Å². The van der Waals surface area contributed by atoms with E-state index in [9.17, 15) is 4.79 Å². The Labute approximate surface area is 168 Å². The van der Waals surface area contributed by atoms with Crippen LogP contribution in [0.4, 0.5) is 4.79 Å². The molecule has 3 heterocycles. The summed E-state index contributed by atoms with van der Waals surface area (Å²) >= 11 is 4.66. The minimum Gasteiger partial charge on any atom is -0.430 e. The number of hydrogen-bond donors (Lipinski definition) is 1. The Morgan fingerprint density at radius 2 is 1.89 bits per heavy atom. The van der Waals surface area contributed by atoms with Gasteiger partial charge in [-0.1, -0.05) is 25.9 Å². The number of thiol groups is 1. The monoisotopic (exact) mass is 398 g/mol. The van der Waals surface area contributed by atoms with Crippen molar-refractivity contribution < 1.29 is 14.4 Å². The van der Waals surface area contributed by atoms with E-state index in [4.69, 9.17) is 9.57 Å². The summed E-state index contributed by atoms with van der Waals surface area (Å²) in [5.74, 6) is 1.74. The minimum atomic E-state index is -0.676. The lowest BCUT2D eigenvalue weighted by molar-refractivity contribution is -0.0384. The first-order valence-electron chi connectivity index (χ1n) is 10.0. The maximum Gasteiger partial charge on any atom is 0.411 e. The van der Waals surface area contributed by atoms with E-state index in [1.54, 1.807) is 11.9 Å². The van der Waals surface area contributed by atoms with Crippen molar-refractivity contribution in [3.05, 3.63) is 0 Å². The van der Waals surface area contributed by atoms with Gasteiger partial charge in [0.25, 0.3) is 0 Å². The van der Waals surface area contributed by atoms with Crippen LogP contribution in [0.15, 0.2) is 5.16 Å². The Hall–Kier alpha value is -1.15. The molecule has 0 aromatic carbocycles. The lowest BCUT2D eigenvalue weighted by atomic mass is 9.89. The Kier molecular flexibility index (Phi) is 5.87. The topological polar surface area (TPSA) is 57.6 Å². The minimum absolute atomic E-state index is 0.172. The number of oxime groups is 1. The molecule has 8 heteroatoms. The molecule has 27 heavy (non-hydrogen) atoms. The summed E-state index contributed by atoms with van der Waals surface area (Å²) in [6.45, 7) is 14.2. The van der Waals surface area contributed by atoms with Gasteiger partial charge in [0.15, 0.2) is 4.93 Å². The Bertz CT molecular complexity index is 594. The molecule has 0 spiro atoms. The van der Waals surface area contributed by atoms with Crippen molar-refractivity contribution in [2.45, 2.75) is 51.1 Å². The molecule has 0 aromatic rings. The maximum atomic E-state index is 11.7. The van der Waals surface area contributed by atoms with Crippen LogP contribution in [0.5, 0.6) is 0 Å². The van der Waals surface area contributed by atoms with Gasteiger partial charge in [-0.25, -0.2) is 4.79 Å². The Morgan fingerprint density at radius 3 is 2.41 bits per heavy atom. The SMILES string of the molecule is CC(C)C1(C)CC(N2CCN(CCC(C)C3(S)CN(C)C(=O)O3)CC2)=NO1. The van der Waals surface area contributed by atoms with Crippen LogP contribution in [0.25, 0.3) is 0 Å². The highest BCUT2D eigenvalue weighted by atomic mass is 32.1. The molecule has 1 amide bonds. The molecule has 7 nitrogen and oxygen atoms in total. The highest BCUT2D eigenvalue weighted by Gasteiger charge is 2.45. The third-order valence-electron chi connectivity index (χ3n) is 6.52. The van der Waals surface area contributed by atoms with Crippen molar-refractivity contribution in [1.82, 2.24) is 14.7 Å². The van der Waals surface area contributed by atoms with Gasteiger partial charge in [-0.3, -0.25) is 4.90 Å². The van der Waals surface area contributed by atoms with Gasteiger partial charge in [0.05, 0.1) is 13.0 Å². The Balaban J connectivity index is 1.42. The molecule has 0 N–H and O–H groups in total. The number of carbonyl (C=O) groups excluding carboxylic acids is 1. The summed E-state index contributed by atoms with van der Waals surface area (Å²) < 4.78 is 5.48. The van der Waals surface area contributed by atoms with Crippen molar-refractivity contribution in [3.63, 3.8) is 0 Å². The standard InChI is InChI=1S/C19H34N4O3S/c1-14(2)18(4)12-16(20-26-18)23-10-8-22(9-11-23)7-6-15(3)19(27)13-21(5)17(24)25-19/h14-15,27H,6-13H2,1-5H3. The molecular formula is C19H34N4O3S. The van der Waals surface area contributed by atoms with Crippen molar-refractivity contribution in [2.24, 2.45) is 17.0 Å². The number of rotatable bonds is 5. The predicted octanol–water partition coefficient (Wildman–Crippen LogP) is 2.49. The largest absolute Gasteiger partial charge is 0.430 e. The first-order chi connectivity index (χ1) is 12.6. The fourth-order valence-electron chi connectivity index (χ4n) is 3.77. The first kappa shape index (κ1) is 20.6. The van der Waals surface area contributed by atoms with E-state index in [1.165, 1.54) is 0 Å². The van der Waals surface area contributed by atoms with Gasteiger partial charge in [-0.2, -0.15) is 0 Å². The lowest BCUT2D eigenvalue weighted by Gasteiger charge is -2.37. The predicted molar refractivity (Wildman–Crippen MR) is 109 cm³/mol. The van der Waals surface area contributed by atoms with Crippen molar-refractivity contribution in [3.8, 4) is 0 Å². The van der Waals surface area contributed by atoms with Gasteiger partial charge < -0.3 is 19.4 Å². The summed E-state index contributed by atoms with van der Waals surface area (Å²) in [5.41, 5.74) is -0.172. The third-order valence-corrected chi connectivity index (χ3v) is 7.19. The molecule has 3 unspecified atom stereocenters. The van der Waals surface area contributed by atoms with E-state index in [0.29, 0.717) is 12.5 Å². The second-order valence-electron chi connectivity index (χ2n) is 8.83.